The van der Waals surface area contributed by atoms with E-state index in [2.05, 4.69) is 34.6 Å². The molecule has 3 N–H and O–H groups in total. The molecule has 17 nitrogen and oxygen atoms in total. The average molecular weight is 1300 g/mol. The molecule has 0 aromatic carbocycles. The maximum Gasteiger partial charge on any atom is 0.472 e. The number of ether oxygens (including phenoxy) is 4. The summed E-state index contributed by atoms with van der Waals surface area (Å²) in [6, 6.07) is 0. The standard InChI is InChI=1S/C69H134O17P2/c1-6-9-12-15-18-20-22-24-26-27-28-30-32-34-39-44-49-54-68(73)85-65(59-80-67(72)53-48-43-38-33-31-29-25-23-21-19-16-13-10-7-2)61-84-88(77,78)82-57-63(70)56-81-87(75,76)83-60-64(58-79-66(71)52-47-42-36-17-14-11-8-3)86-69(74)55-50-45-40-35-37-41-46-51-62(4)5/h62-65,70H,6-61H2,1-5H3,(H,75,76)(H,77,78)/t63-,64+,65+/m0/s1. The Morgan fingerprint density at radius 1 is 0.307 bits per heavy atom. The Morgan fingerprint density at radius 2 is 0.523 bits per heavy atom. The van der Waals surface area contributed by atoms with E-state index in [4.69, 9.17) is 37.0 Å². The molecular formula is C69H134O17P2. The first-order valence-corrected chi connectivity index (χ1v) is 39.1. The number of rotatable bonds is 69. The third kappa shape index (κ3) is 62.8. The molecule has 0 fully saturated rings. The van der Waals surface area contributed by atoms with Crippen LogP contribution in [0.2, 0.25) is 0 Å². The zero-order chi connectivity index (χ0) is 64.9. The third-order valence-corrected chi connectivity index (χ3v) is 17.9. The third-order valence-electron chi connectivity index (χ3n) is 16.0. The zero-order valence-corrected chi connectivity index (χ0v) is 58.6. The highest BCUT2D eigenvalue weighted by Crippen LogP contribution is 2.45. The molecule has 0 spiro atoms. The van der Waals surface area contributed by atoms with Crippen LogP contribution in [0.15, 0.2) is 0 Å². The van der Waals surface area contributed by atoms with E-state index in [-0.39, 0.29) is 25.7 Å². The van der Waals surface area contributed by atoms with Gasteiger partial charge in [0.2, 0.25) is 0 Å². The number of phosphoric acid groups is 2. The Balaban J connectivity index is 5.19. The molecule has 0 radical (unpaired) electrons. The van der Waals surface area contributed by atoms with Gasteiger partial charge in [0.1, 0.15) is 19.3 Å². The van der Waals surface area contributed by atoms with Crippen molar-refractivity contribution in [2.24, 2.45) is 5.92 Å². The van der Waals surface area contributed by atoms with Crippen molar-refractivity contribution < 1.29 is 80.2 Å². The van der Waals surface area contributed by atoms with E-state index in [0.717, 1.165) is 103 Å². The van der Waals surface area contributed by atoms with Gasteiger partial charge in [-0.25, -0.2) is 9.13 Å². The van der Waals surface area contributed by atoms with E-state index in [1.165, 1.54) is 167 Å². The Kier molecular flexibility index (Phi) is 61.1. The molecule has 0 saturated heterocycles. The lowest BCUT2D eigenvalue weighted by Gasteiger charge is -2.21. The van der Waals surface area contributed by atoms with Gasteiger partial charge in [0.05, 0.1) is 26.4 Å². The van der Waals surface area contributed by atoms with Gasteiger partial charge in [-0.15, -0.1) is 0 Å². The van der Waals surface area contributed by atoms with Crippen molar-refractivity contribution in [1.82, 2.24) is 0 Å². The predicted octanol–water partition coefficient (Wildman–Crippen LogP) is 19.7. The average Bonchev–Trinajstić information content (AvgIpc) is 3.54. The Hall–Kier alpha value is -1.94. The van der Waals surface area contributed by atoms with Gasteiger partial charge in [0, 0.05) is 25.7 Å². The molecule has 0 aliphatic carbocycles. The van der Waals surface area contributed by atoms with Crippen LogP contribution in [-0.4, -0.2) is 96.7 Å². The number of phosphoric ester groups is 2. The first-order chi connectivity index (χ1) is 42.5. The summed E-state index contributed by atoms with van der Waals surface area (Å²) in [4.78, 5) is 72.3. The fourth-order valence-corrected chi connectivity index (χ4v) is 12.0. The minimum atomic E-state index is -4.95. The van der Waals surface area contributed by atoms with Crippen LogP contribution >= 0.6 is 15.6 Å². The lowest BCUT2D eigenvalue weighted by Crippen LogP contribution is -2.30. The van der Waals surface area contributed by atoms with E-state index in [1.807, 2.05) is 0 Å². The van der Waals surface area contributed by atoms with Gasteiger partial charge in [0.15, 0.2) is 12.2 Å². The van der Waals surface area contributed by atoms with Crippen molar-refractivity contribution in [3.63, 3.8) is 0 Å². The summed E-state index contributed by atoms with van der Waals surface area (Å²) in [5.74, 6) is -1.43. The largest absolute Gasteiger partial charge is 0.472 e. The summed E-state index contributed by atoms with van der Waals surface area (Å²) >= 11 is 0. The number of hydrogen-bond donors (Lipinski definition) is 3. The Morgan fingerprint density at radius 3 is 0.773 bits per heavy atom. The molecular weight excluding hydrogens is 1160 g/mol. The monoisotopic (exact) mass is 1300 g/mol. The molecule has 0 aromatic rings. The summed E-state index contributed by atoms with van der Waals surface area (Å²) in [5, 5.41) is 10.6. The number of aliphatic hydroxyl groups excluding tert-OH is 1. The van der Waals surface area contributed by atoms with E-state index in [9.17, 15) is 43.2 Å². The number of unbranched alkanes of at least 4 members (excludes halogenated alkanes) is 41. The normalized spacial score (nSPS) is 14.1. The molecule has 0 heterocycles. The number of hydrogen-bond acceptors (Lipinski definition) is 15. The smallest absolute Gasteiger partial charge is 0.462 e. The van der Waals surface area contributed by atoms with Crippen LogP contribution in [-0.2, 0) is 65.4 Å². The van der Waals surface area contributed by atoms with Gasteiger partial charge in [0.25, 0.3) is 0 Å². The maximum absolute atomic E-state index is 13.0. The van der Waals surface area contributed by atoms with Crippen LogP contribution in [0.5, 0.6) is 0 Å². The first-order valence-electron chi connectivity index (χ1n) is 36.1. The maximum atomic E-state index is 13.0. The number of carbonyl (C=O) groups is 4. The summed E-state index contributed by atoms with van der Waals surface area (Å²) in [7, 11) is -9.89. The molecule has 0 aliphatic heterocycles. The minimum absolute atomic E-state index is 0.103. The lowest BCUT2D eigenvalue weighted by atomic mass is 10.0. The van der Waals surface area contributed by atoms with Crippen LogP contribution in [0.25, 0.3) is 0 Å². The van der Waals surface area contributed by atoms with Gasteiger partial charge < -0.3 is 33.8 Å². The molecule has 0 rings (SSSR count). The van der Waals surface area contributed by atoms with Crippen molar-refractivity contribution in [1.29, 1.82) is 0 Å². The van der Waals surface area contributed by atoms with Crippen LogP contribution < -0.4 is 0 Å². The predicted molar refractivity (Wildman–Crippen MR) is 354 cm³/mol. The quantitative estimate of drug-likeness (QED) is 0.0222. The molecule has 0 amide bonds. The van der Waals surface area contributed by atoms with Gasteiger partial charge in [-0.05, 0) is 31.6 Å². The van der Waals surface area contributed by atoms with Crippen LogP contribution in [0, 0.1) is 5.92 Å². The lowest BCUT2D eigenvalue weighted by molar-refractivity contribution is -0.161. The van der Waals surface area contributed by atoms with Crippen molar-refractivity contribution in [3.8, 4) is 0 Å². The summed E-state index contributed by atoms with van der Waals surface area (Å²) < 4.78 is 68.1. The molecule has 19 heteroatoms. The minimum Gasteiger partial charge on any atom is -0.462 e. The van der Waals surface area contributed by atoms with Gasteiger partial charge in [-0.2, -0.15) is 0 Å². The summed E-state index contributed by atoms with van der Waals surface area (Å²) in [6.07, 6.45) is 48.8. The number of esters is 4. The van der Waals surface area contributed by atoms with Crippen LogP contribution in [0.3, 0.4) is 0 Å². The zero-order valence-electron chi connectivity index (χ0n) is 56.9. The summed E-state index contributed by atoms with van der Waals surface area (Å²) in [5.41, 5.74) is 0. The van der Waals surface area contributed by atoms with Crippen LogP contribution in [0.1, 0.15) is 356 Å². The highest BCUT2D eigenvalue weighted by atomic mass is 31.2. The van der Waals surface area contributed by atoms with Crippen molar-refractivity contribution in [2.45, 2.75) is 374 Å². The Bertz CT molecular complexity index is 1700. The second-order valence-electron chi connectivity index (χ2n) is 25.4. The summed E-state index contributed by atoms with van der Waals surface area (Å²) in [6.45, 7) is 7.14. The Labute approximate surface area is 537 Å². The second-order valence-corrected chi connectivity index (χ2v) is 28.3. The molecule has 88 heavy (non-hydrogen) atoms. The fraction of sp³-hybridized carbons (Fsp3) is 0.942. The first kappa shape index (κ1) is 86.1. The highest BCUT2D eigenvalue weighted by Gasteiger charge is 2.30. The van der Waals surface area contributed by atoms with Gasteiger partial charge >= 0.3 is 39.5 Å². The molecule has 0 bridgehead atoms. The van der Waals surface area contributed by atoms with Crippen molar-refractivity contribution >= 4 is 39.5 Å². The fourth-order valence-electron chi connectivity index (χ4n) is 10.5. The molecule has 0 saturated carbocycles. The number of carbonyl (C=O) groups excluding carboxylic acids is 4. The van der Waals surface area contributed by atoms with Crippen molar-refractivity contribution in [3.05, 3.63) is 0 Å². The highest BCUT2D eigenvalue weighted by molar-refractivity contribution is 7.47. The van der Waals surface area contributed by atoms with Crippen molar-refractivity contribution in [2.75, 3.05) is 39.6 Å². The molecule has 0 aliphatic rings. The van der Waals surface area contributed by atoms with E-state index in [0.29, 0.717) is 31.6 Å². The van der Waals surface area contributed by atoms with E-state index in [1.54, 1.807) is 0 Å². The van der Waals surface area contributed by atoms with Gasteiger partial charge in [-0.3, -0.25) is 37.3 Å². The second kappa shape index (κ2) is 62.5. The topological polar surface area (TPSA) is 237 Å². The molecule has 522 valence electrons. The van der Waals surface area contributed by atoms with E-state index >= 15 is 0 Å². The molecule has 2 unspecified atom stereocenters. The van der Waals surface area contributed by atoms with E-state index < -0.39 is 97.5 Å². The molecule has 0 aromatic heterocycles. The number of aliphatic hydroxyl groups is 1. The molecule has 5 atom stereocenters. The van der Waals surface area contributed by atoms with Gasteiger partial charge in [-0.1, -0.05) is 304 Å². The SMILES string of the molecule is CCCCCCCCCCCCCCCCCCCC(=O)O[C@H](COC(=O)CCCCCCCCCCCCCCCC)COP(=O)(O)OC[C@@H](O)COP(=O)(O)OC[C@@H](COC(=O)CCCCCCCCC)OC(=O)CCCCCCCCCC(C)C. The van der Waals surface area contributed by atoms with Crippen LogP contribution in [0.4, 0.5) is 0 Å².